The molecule has 6 aliphatic rings. The Labute approximate surface area is 249 Å². The molecule has 1 aromatic rings. The molecule has 7 rings (SSSR count). The first-order valence-electron chi connectivity index (χ1n) is 14.3. The number of ether oxygens (including phenoxy) is 2. The number of carboxylic acids is 1. The zero-order valence-corrected chi connectivity index (χ0v) is 24.1. The van der Waals surface area contributed by atoms with Gasteiger partial charge >= 0.3 is 5.97 Å². The lowest BCUT2D eigenvalue weighted by Gasteiger charge is -2.68. The SMILES string of the molecule is [C-]#[N+]C1=C(/C=C/c2cc(/C=C/C(=O)O)c(O)cc2C2(OC)OOC23C2CC4CC(C2)CC3C4)C(C)(C)O/C1=C(\C#N)[N+]#[C-]. The molecule has 5 fully saturated rings. The summed E-state index contributed by atoms with van der Waals surface area (Å²) < 4.78 is 12.2. The fourth-order valence-corrected chi connectivity index (χ4v) is 8.29. The number of carboxylic acid groups (broad SMARTS) is 1. The van der Waals surface area contributed by atoms with E-state index in [9.17, 15) is 20.3 Å². The van der Waals surface area contributed by atoms with E-state index in [0.717, 1.165) is 31.8 Å². The van der Waals surface area contributed by atoms with Crippen LogP contribution in [0.5, 0.6) is 5.75 Å². The average Bonchev–Trinajstić information content (AvgIpc) is 3.21. The molecule has 4 aliphatic carbocycles. The van der Waals surface area contributed by atoms with Gasteiger partial charge in [-0.3, -0.25) is 0 Å². The van der Waals surface area contributed by atoms with Crippen LogP contribution >= 0.6 is 0 Å². The van der Waals surface area contributed by atoms with Crippen molar-refractivity contribution in [3.63, 3.8) is 0 Å². The normalized spacial score (nSPS) is 34.6. The average molecular weight is 582 g/mol. The van der Waals surface area contributed by atoms with Gasteiger partial charge < -0.3 is 19.7 Å². The van der Waals surface area contributed by atoms with Crippen LogP contribution in [0.4, 0.5) is 0 Å². The summed E-state index contributed by atoms with van der Waals surface area (Å²) in [5, 5.41) is 29.8. The van der Waals surface area contributed by atoms with Crippen LogP contribution in [0.15, 0.2) is 47.0 Å². The molecule has 1 atom stereocenters. The Morgan fingerprint density at radius 1 is 1.07 bits per heavy atom. The molecule has 2 heterocycles. The van der Waals surface area contributed by atoms with Gasteiger partial charge in [0, 0.05) is 29.9 Å². The molecular weight excluding hydrogens is 550 g/mol. The predicted molar refractivity (Wildman–Crippen MR) is 152 cm³/mol. The van der Waals surface area contributed by atoms with Crippen LogP contribution in [-0.2, 0) is 29.8 Å². The van der Waals surface area contributed by atoms with Crippen LogP contribution in [0.2, 0.25) is 0 Å². The number of hydrogen-bond acceptors (Lipinski definition) is 7. The minimum atomic E-state index is -1.33. The molecule has 0 radical (unpaired) electrons. The molecule has 10 nitrogen and oxygen atoms in total. The number of aliphatic carboxylic acids is 1. The monoisotopic (exact) mass is 581 g/mol. The van der Waals surface area contributed by atoms with Gasteiger partial charge in [-0.15, -0.1) is 0 Å². The number of nitrogens with zero attached hydrogens (tertiary/aromatic N) is 3. The third kappa shape index (κ3) is 4.12. The molecule has 0 amide bonds. The largest absolute Gasteiger partial charge is 0.507 e. The molecule has 1 spiro atoms. The summed E-state index contributed by atoms with van der Waals surface area (Å²) in [4.78, 5) is 30.2. The molecule has 0 aromatic heterocycles. The predicted octanol–water partition coefficient (Wildman–Crippen LogP) is 6.10. The lowest BCUT2D eigenvalue weighted by atomic mass is 9.47. The van der Waals surface area contributed by atoms with Crippen LogP contribution in [0, 0.1) is 48.1 Å². The molecule has 10 heteroatoms. The first-order valence-corrected chi connectivity index (χ1v) is 14.3. The van der Waals surface area contributed by atoms with Crippen molar-refractivity contribution < 1.29 is 34.3 Å². The molecule has 220 valence electrons. The van der Waals surface area contributed by atoms with E-state index in [1.165, 1.54) is 12.5 Å². The van der Waals surface area contributed by atoms with Gasteiger partial charge in [-0.05, 0) is 93.4 Å². The fourth-order valence-electron chi connectivity index (χ4n) is 8.29. The highest BCUT2D eigenvalue weighted by Crippen LogP contribution is 2.69. The van der Waals surface area contributed by atoms with Crippen molar-refractivity contribution >= 4 is 18.1 Å². The second kappa shape index (κ2) is 10.1. The first-order chi connectivity index (χ1) is 20.5. The summed E-state index contributed by atoms with van der Waals surface area (Å²) in [7, 11) is 1.57. The van der Waals surface area contributed by atoms with Gasteiger partial charge in [-0.1, -0.05) is 12.2 Å². The summed E-state index contributed by atoms with van der Waals surface area (Å²) >= 11 is 0. The van der Waals surface area contributed by atoms with Gasteiger partial charge in [0.25, 0.3) is 11.5 Å². The quantitative estimate of drug-likeness (QED) is 0.179. The summed E-state index contributed by atoms with van der Waals surface area (Å²) in [6, 6.07) is 4.99. The van der Waals surface area contributed by atoms with E-state index in [1.807, 2.05) is 0 Å². The molecule has 4 bridgehead atoms. The topological polar surface area (TPSA) is 127 Å². The number of benzene rings is 1. The van der Waals surface area contributed by atoms with E-state index in [-0.39, 0.29) is 40.3 Å². The van der Waals surface area contributed by atoms with Gasteiger partial charge in [-0.25, -0.2) is 24.6 Å². The molecule has 2 aliphatic heterocycles. The van der Waals surface area contributed by atoms with Gasteiger partial charge in [0.05, 0.1) is 19.2 Å². The number of allylic oxidation sites excluding steroid dienone is 1. The van der Waals surface area contributed by atoms with Crippen LogP contribution in [0.25, 0.3) is 21.8 Å². The third-order valence-corrected chi connectivity index (χ3v) is 9.86. The highest BCUT2D eigenvalue weighted by atomic mass is 17.3. The van der Waals surface area contributed by atoms with Crippen molar-refractivity contribution in [3.05, 3.63) is 86.5 Å². The molecule has 2 N–H and O–H groups in total. The fraction of sp³-hybridized carbons (Fsp3) is 0.455. The summed E-state index contributed by atoms with van der Waals surface area (Å²) in [5.74, 6) is -0.970. The van der Waals surface area contributed by atoms with E-state index in [2.05, 4.69) is 9.69 Å². The maximum absolute atomic E-state index is 11.3. The highest BCUT2D eigenvalue weighted by molar-refractivity contribution is 5.86. The summed E-state index contributed by atoms with van der Waals surface area (Å²) in [5.41, 5.74) is -0.233. The zero-order valence-electron chi connectivity index (χ0n) is 24.1. The Kier molecular flexibility index (Phi) is 6.75. The number of aromatic hydroxyl groups is 1. The standard InChI is InChI=1S/C33H31N3O7/c1-31(2)24(29(36-4)30(41-31)26(17-34)35-3)8-6-20-15-21(7-9-28(38)39)27(37)16-25(20)33(40-5)32(42-43-33)22-11-18-10-19(13-22)14-23(32)12-18/h6-9,15-16,18-19,22-23,37H,10-14H2,1-2,5H3,(H,38,39)/b8-6+,9-7+,30-26+. The van der Waals surface area contributed by atoms with E-state index < -0.39 is 23.0 Å². The minimum absolute atomic E-state index is 0.0577. The lowest BCUT2D eigenvalue weighted by molar-refractivity contribution is -0.645. The van der Waals surface area contributed by atoms with Crippen LogP contribution in [0.3, 0.4) is 0 Å². The van der Waals surface area contributed by atoms with Gasteiger partial charge in [0.15, 0.2) is 5.60 Å². The van der Waals surface area contributed by atoms with Gasteiger partial charge in [0.2, 0.25) is 5.70 Å². The number of carbonyl (C=O) groups is 1. The van der Waals surface area contributed by atoms with Crippen molar-refractivity contribution in [3.8, 4) is 11.8 Å². The van der Waals surface area contributed by atoms with Crippen molar-refractivity contribution in [2.75, 3.05) is 7.11 Å². The van der Waals surface area contributed by atoms with Crippen molar-refractivity contribution in [2.24, 2.45) is 23.7 Å². The Hall–Kier alpha value is -4.40. The summed E-state index contributed by atoms with van der Waals surface area (Å²) in [6.07, 6.45) is 11.0. The first kappa shape index (κ1) is 28.7. The molecular formula is C33H31N3O7. The summed E-state index contributed by atoms with van der Waals surface area (Å²) in [6.45, 7) is 18.6. The number of hydrogen-bond donors (Lipinski definition) is 2. The molecule has 1 aromatic carbocycles. The zero-order chi connectivity index (χ0) is 30.7. The lowest BCUT2D eigenvalue weighted by Crippen LogP contribution is -2.76. The number of nitriles is 1. The minimum Gasteiger partial charge on any atom is -0.507 e. The Bertz CT molecular complexity index is 1610. The van der Waals surface area contributed by atoms with Gasteiger partial charge in [-0.2, -0.15) is 4.89 Å². The molecule has 4 saturated carbocycles. The van der Waals surface area contributed by atoms with Crippen molar-refractivity contribution in [2.45, 2.75) is 62.9 Å². The smallest absolute Gasteiger partial charge is 0.328 e. The maximum atomic E-state index is 11.3. The second-order valence-electron chi connectivity index (χ2n) is 12.5. The van der Waals surface area contributed by atoms with Crippen LogP contribution in [-0.4, -0.2) is 34.5 Å². The Morgan fingerprint density at radius 3 is 2.26 bits per heavy atom. The second-order valence-corrected chi connectivity index (χ2v) is 12.5. The third-order valence-electron chi connectivity index (χ3n) is 9.86. The number of methoxy groups -OCH3 is 1. The van der Waals surface area contributed by atoms with E-state index in [0.29, 0.717) is 28.5 Å². The number of phenols is 1. The molecule has 43 heavy (non-hydrogen) atoms. The van der Waals surface area contributed by atoms with Crippen LogP contribution < -0.4 is 0 Å². The van der Waals surface area contributed by atoms with Gasteiger partial charge in [0.1, 0.15) is 17.1 Å². The van der Waals surface area contributed by atoms with Crippen LogP contribution in [0.1, 0.15) is 62.6 Å². The van der Waals surface area contributed by atoms with E-state index >= 15 is 0 Å². The van der Waals surface area contributed by atoms with E-state index in [1.54, 1.807) is 51.3 Å². The number of rotatable bonds is 6. The molecule has 1 saturated heterocycles. The Balaban J connectivity index is 1.52. The highest BCUT2D eigenvalue weighted by Gasteiger charge is 2.76. The maximum Gasteiger partial charge on any atom is 0.328 e. The van der Waals surface area contributed by atoms with E-state index in [4.69, 9.17) is 32.4 Å². The van der Waals surface area contributed by atoms with Crippen molar-refractivity contribution in [1.82, 2.24) is 0 Å². The van der Waals surface area contributed by atoms with Crippen molar-refractivity contribution in [1.29, 1.82) is 5.26 Å². The molecule has 1 unspecified atom stereocenters. The number of phenolic OH excluding ortho intramolecular Hbond substituents is 1. The Morgan fingerprint density at radius 2 is 1.74 bits per heavy atom.